The molecule has 1 aliphatic heterocycles. The maximum atomic E-state index is 12.2. The van der Waals surface area contributed by atoms with Crippen molar-refractivity contribution < 1.29 is 13.9 Å². The molecule has 16 heavy (non-hydrogen) atoms. The fourth-order valence-electron chi connectivity index (χ4n) is 2.79. The van der Waals surface area contributed by atoms with Crippen molar-refractivity contribution in [2.24, 2.45) is 17.8 Å². The molecule has 1 aliphatic carbocycles. The summed E-state index contributed by atoms with van der Waals surface area (Å²) in [5.41, 5.74) is 0. The summed E-state index contributed by atoms with van der Waals surface area (Å²) in [7, 11) is 0. The molecule has 1 heterocycles. The van der Waals surface area contributed by atoms with Crippen LogP contribution in [0.2, 0.25) is 0 Å². The van der Waals surface area contributed by atoms with Crippen LogP contribution in [-0.2, 0) is 9.47 Å². The topological polar surface area (TPSA) is 18.5 Å². The van der Waals surface area contributed by atoms with Crippen LogP contribution in [0, 0.1) is 17.8 Å². The maximum Gasteiger partial charge on any atom is 0.160 e. The van der Waals surface area contributed by atoms with Gasteiger partial charge in [0.05, 0.1) is 19.9 Å². The zero-order valence-electron chi connectivity index (χ0n) is 10.2. The van der Waals surface area contributed by atoms with Gasteiger partial charge in [0.25, 0.3) is 0 Å². The second-order valence-corrected chi connectivity index (χ2v) is 5.40. The number of halogens is 1. The average molecular weight is 230 g/mol. The van der Waals surface area contributed by atoms with Crippen molar-refractivity contribution >= 4 is 0 Å². The first-order valence-corrected chi connectivity index (χ1v) is 6.58. The highest BCUT2D eigenvalue weighted by Crippen LogP contribution is 2.35. The molecule has 0 aromatic carbocycles. The SMILES string of the molecule is CC1COC(C2CCC(CCF)CC2)OC1. The summed E-state index contributed by atoms with van der Waals surface area (Å²) in [5.74, 6) is 1.67. The van der Waals surface area contributed by atoms with E-state index in [0.29, 0.717) is 17.8 Å². The lowest BCUT2D eigenvalue weighted by Gasteiger charge is -2.36. The smallest absolute Gasteiger partial charge is 0.160 e. The molecule has 0 unspecified atom stereocenters. The number of ether oxygens (including phenoxy) is 2. The van der Waals surface area contributed by atoms with Crippen molar-refractivity contribution in [1.82, 2.24) is 0 Å². The van der Waals surface area contributed by atoms with Gasteiger partial charge in [0, 0.05) is 11.8 Å². The molecule has 0 amide bonds. The van der Waals surface area contributed by atoms with Gasteiger partial charge in [-0.3, -0.25) is 4.39 Å². The summed E-state index contributed by atoms with van der Waals surface area (Å²) < 4.78 is 23.7. The van der Waals surface area contributed by atoms with E-state index in [1.165, 1.54) is 0 Å². The zero-order chi connectivity index (χ0) is 11.4. The number of hydrogen-bond donors (Lipinski definition) is 0. The molecular formula is C13H23FO2. The van der Waals surface area contributed by atoms with E-state index >= 15 is 0 Å². The van der Waals surface area contributed by atoms with Crippen LogP contribution in [0.25, 0.3) is 0 Å². The molecule has 0 radical (unpaired) electrons. The molecule has 94 valence electrons. The molecule has 1 saturated heterocycles. The van der Waals surface area contributed by atoms with Gasteiger partial charge in [-0.25, -0.2) is 0 Å². The molecule has 2 fully saturated rings. The van der Waals surface area contributed by atoms with E-state index in [1.807, 2.05) is 0 Å². The van der Waals surface area contributed by atoms with Crippen LogP contribution < -0.4 is 0 Å². The maximum absolute atomic E-state index is 12.2. The first-order chi connectivity index (χ1) is 7.79. The van der Waals surface area contributed by atoms with E-state index < -0.39 is 0 Å². The molecule has 0 spiro atoms. The molecule has 1 saturated carbocycles. The molecule has 0 aromatic rings. The lowest BCUT2D eigenvalue weighted by molar-refractivity contribution is -0.226. The Bertz CT molecular complexity index is 194. The van der Waals surface area contributed by atoms with E-state index in [-0.39, 0.29) is 13.0 Å². The fraction of sp³-hybridized carbons (Fsp3) is 1.00. The highest BCUT2D eigenvalue weighted by molar-refractivity contribution is 4.76. The Morgan fingerprint density at radius 2 is 1.69 bits per heavy atom. The summed E-state index contributed by atoms with van der Waals surface area (Å²) >= 11 is 0. The number of rotatable bonds is 3. The Morgan fingerprint density at radius 3 is 2.25 bits per heavy atom. The van der Waals surface area contributed by atoms with Gasteiger partial charge in [-0.05, 0) is 38.0 Å². The second kappa shape index (κ2) is 5.97. The molecule has 2 aliphatic rings. The van der Waals surface area contributed by atoms with Crippen LogP contribution in [-0.4, -0.2) is 26.2 Å². The van der Waals surface area contributed by atoms with Crippen molar-refractivity contribution in [3.63, 3.8) is 0 Å². The van der Waals surface area contributed by atoms with Gasteiger partial charge < -0.3 is 9.47 Å². The molecule has 3 heteroatoms. The van der Waals surface area contributed by atoms with Crippen LogP contribution in [0.1, 0.15) is 39.0 Å². The molecule has 0 N–H and O–H groups in total. The number of hydrogen-bond acceptors (Lipinski definition) is 2. The average Bonchev–Trinajstić information content (AvgIpc) is 2.32. The predicted molar refractivity (Wildman–Crippen MR) is 60.9 cm³/mol. The summed E-state index contributed by atoms with van der Waals surface area (Å²) in [5, 5.41) is 0. The minimum absolute atomic E-state index is 0.0162. The van der Waals surface area contributed by atoms with Crippen molar-refractivity contribution in [3.8, 4) is 0 Å². The fourth-order valence-corrected chi connectivity index (χ4v) is 2.79. The van der Waals surface area contributed by atoms with Gasteiger partial charge in [0.15, 0.2) is 6.29 Å². The minimum atomic E-state index is -0.163. The van der Waals surface area contributed by atoms with Gasteiger partial charge in [-0.15, -0.1) is 0 Å². The zero-order valence-corrected chi connectivity index (χ0v) is 10.2. The number of alkyl halides is 1. The van der Waals surface area contributed by atoms with Gasteiger partial charge in [-0.1, -0.05) is 6.92 Å². The third-order valence-electron chi connectivity index (χ3n) is 3.88. The molecule has 0 aromatic heterocycles. The quantitative estimate of drug-likeness (QED) is 0.741. The molecule has 0 bridgehead atoms. The lowest BCUT2D eigenvalue weighted by atomic mass is 9.80. The second-order valence-electron chi connectivity index (χ2n) is 5.40. The normalized spacial score (nSPS) is 40.9. The largest absolute Gasteiger partial charge is 0.352 e. The Balaban J connectivity index is 1.72. The Kier molecular flexibility index (Phi) is 4.59. The third kappa shape index (κ3) is 3.17. The van der Waals surface area contributed by atoms with Crippen LogP contribution >= 0.6 is 0 Å². The van der Waals surface area contributed by atoms with E-state index in [2.05, 4.69) is 6.92 Å². The first-order valence-electron chi connectivity index (χ1n) is 6.58. The highest BCUT2D eigenvalue weighted by atomic mass is 19.1. The third-order valence-corrected chi connectivity index (χ3v) is 3.88. The summed E-state index contributed by atoms with van der Waals surface area (Å²) in [6.07, 6.45) is 5.34. The Morgan fingerprint density at radius 1 is 1.06 bits per heavy atom. The molecule has 2 rings (SSSR count). The van der Waals surface area contributed by atoms with Crippen LogP contribution in [0.5, 0.6) is 0 Å². The van der Waals surface area contributed by atoms with Crippen molar-refractivity contribution in [1.29, 1.82) is 0 Å². The van der Waals surface area contributed by atoms with Gasteiger partial charge in [-0.2, -0.15) is 0 Å². The monoisotopic (exact) mass is 230 g/mol. The van der Waals surface area contributed by atoms with Crippen molar-refractivity contribution in [2.75, 3.05) is 19.9 Å². The lowest BCUT2D eigenvalue weighted by Crippen LogP contribution is -2.37. The molecule has 2 nitrogen and oxygen atoms in total. The predicted octanol–water partition coefficient (Wildman–Crippen LogP) is 3.16. The highest BCUT2D eigenvalue weighted by Gasteiger charge is 2.31. The standard InChI is InChI=1S/C13H23FO2/c1-10-8-15-13(16-9-10)12-4-2-11(3-5-12)6-7-14/h10-13H,2-9H2,1H3. The summed E-state index contributed by atoms with van der Waals surface area (Å²) in [4.78, 5) is 0. The van der Waals surface area contributed by atoms with E-state index in [9.17, 15) is 4.39 Å². The van der Waals surface area contributed by atoms with Crippen LogP contribution in [0.15, 0.2) is 0 Å². The van der Waals surface area contributed by atoms with Crippen molar-refractivity contribution in [3.05, 3.63) is 0 Å². The van der Waals surface area contributed by atoms with Crippen LogP contribution in [0.3, 0.4) is 0 Å². The van der Waals surface area contributed by atoms with E-state index in [1.54, 1.807) is 0 Å². The molecular weight excluding hydrogens is 207 g/mol. The van der Waals surface area contributed by atoms with Crippen LogP contribution in [0.4, 0.5) is 4.39 Å². The Labute approximate surface area is 97.5 Å². The molecule has 0 atom stereocenters. The summed E-state index contributed by atoms with van der Waals surface area (Å²) in [6, 6.07) is 0. The van der Waals surface area contributed by atoms with Gasteiger partial charge in [0.2, 0.25) is 0 Å². The van der Waals surface area contributed by atoms with E-state index in [0.717, 1.165) is 45.3 Å². The van der Waals surface area contributed by atoms with E-state index in [4.69, 9.17) is 9.47 Å². The van der Waals surface area contributed by atoms with Gasteiger partial charge >= 0.3 is 0 Å². The van der Waals surface area contributed by atoms with Crippen molar-refractivity contribution in [2.45, 2.75) is 45.3 Å². The summed E-state index contributed by atoms with van der Waals surface area (Å²) in [6.45, 7) is 3.64. The van der Waals surface area contributed by atoms with Gasteiger partial charge in [0.1, 0.15) is 0 Å². The Hall–Kier alpha value is -0.150. The first kappa shape index (κ1) is 12.3. The minimum Gasteiger partial charge on any atom is -0.352 e.